The van der Waals surface area contributed by atoms with Crippen LogP contribution < -0.4 is 0 Å². The van der Waals surface area contributed by atoms with Gasteiger partial charge in [0.2, 0.25) is 5.91 Å². The summed E-state index contributed by atoms with van der Waals surface area (Å²) in [6.07, 6.45) is 1.17. The van der Waals surface area contributed by atoms with E-state index in [0.29, 0.717) is 34.7 Å². The number of aryl methyl sites for hydroxylation is 1. The van der Waals surface area contributed by atoms with Crippen LogP contribution in [0.5, 0.6) is 0 Å². The second kappa shape index (κ2) is 8.17. The lowest BCUT2D eigenvalue weighted by Gasteiger charge is -2.22. The van der Waals surface area contributed by atoms with Gasteiger partial charge in [0.1, 0.15) is 5.52 Å². The molecule has 2 fully saturated rings. The molecule has 0 bridgehead atoms. The number of likely N-dealkylation sites (tertiary alicyclic amines) is 2. The lowest BCUT2D eigenvalue weighted by atomic mass is 10.0. The highest BCUT2D eigenvalue weighted by Crippen LogP contribution is 2.32. The van der Waals surface area contributed by atoms with Gasteiger partial charge in [-0.1, -0.05) is 34.5 Å². The molecule has 6 nitrogen and oxygen atoms in total. The molecule has 2 aliphatic heterocycles. The lowest BCUT2D eigenvalue weighted by Crippen LogP contribution is -2.33. The number of rotatable bonds is 5. The third-order valence-electron chi connectivity index (χ3n) is 6.26. The SMILES string of the molecule is O=C(CCc1cc(Cl)cc(Cl)c1)N1C[C@H]2CN(Cc3ccc4[nH]nnc4c3)C[C@H]2C1. The van der Waals surface area contributed by atoms with Crippen molar-refractivity contribution in [2.75, 3.05) is 26.2 Å². The number of aromatic amines is 1. The molecular weight excluding hydrogens is 421 g/mol. The van der Waals surface area contributed by atoms with Crippen molar-refractivity contribution >= 4 is 40.1 Å². The summed E-state index contributed by atoms with van der Waals surface area (Å²) in [5.41, 5.74) is 4.14. The van der Waals surface area contributed by atoms with Crippen molar-refractivity contribution in [3.8, 4) is 0 Å². The maximum Gasteiger partial charge on any atom is 0.222 e. The first-order chi connectivity index (χ1) is 14.5. The van der Waals surface area contributed by atoms with Gasteiger partial charge in [-0.3, -0.25) is 14.8 Å². The van der Waals surface area contributed by atoms with Crippen molar-refractivity contribution < 1.29 is 4.79 Å². The Morgan fingerprint density at radius 1 is 1.00 bits per heavy atom. The highest BCUT2D eigenvalue weighted by molar-refractivity contribution is 6.34. The number of H-pyrrole nitrogens is 1. The molecular formula is C22H23Cl2N5O. The molecule has 0 unspecified atom stereocenters. The zero-order valence-electron chi connectivity index (χ0n) is 16.5. The van der Waals surface area contributed by atoms with E-state index in [1.807, 2.05) is 23.1 Å². The largest absolute Gasteiger partial charge is 0.342 e. The van der Waals surface area contributed by atoms with Crippen LogP contribution in [0, 0.1) is 11.8 Å². The highest BCUT2D eigenvalue weighted by Gasteiger charge is 2.41. The first-order valence-corrected chi connectivity index (χ1v) is 11.0. The number of aromatic nitrogens is 3. The van der Waals surface area contributed by atoms with Gasteiger partial charge in [-0.25, -0.2) is 0 Å². The summed E-state index contributed by atoms with van der Waals surface area (Å²) in [6.45, 7) is 4.71. The molecule has 5 rings (SSSR count). The van der Waals surface area contributed by atoms with E-state index in [-0.39, 0.29) is 5.91 Å². The molecule has 2 aliphatic rings. The van der Waals surface area contributed by atoms with E-state index in [1.54, 1.807) is 6.07 Å². The molecule has 0 radical (unpaired) electrons. The second-order valence-electron chi connectivity index (χ2n) is 8.45. The molecule has 2 atom stereocenters. The Bertz CT molecular complexity index is 1050. The number of hydrogen-bond acceptors (Lipinski definition) is 4. The van der Waals surface area contributed by atoms with Gasteiger partial charge in [-0.05, 0) is 59.7 Å². The molecule has 30 heavy (non-hydrogen) atoms. The second-order valence-corrected chi connectivity index (χ2v) is 9.33. The summed E-state index contributed by atoms with van der Waals surface area (Å²) in [5, 5.41) is 12.1. The van der Waals surface area contributed by atoms with E-state index in [4.69, 9.17) is 23.2 Å². The van der Waals surface area contributed by atoms with E-state index in [1.165, 1.54) is 5.56 Å². The van der Waals surface area contributed by atoms with E-state index >= 15 is 0 Å². The third kappa shape index (κ3) is 4.17. The Hall–Kier alpha value is -2.15. The standard InChI is InChI=1S/C22H23Cl2N5O/c23-18-5-14(6-19(24)8-18)2-4-22(30)29-12-16-10-28(11-17(16)13-29)9-15-1-3-20-21(7-15)26-27-25-20/h1,3,5-8,16-17H,2,4,9-13H2,(H,25,26,27)/t16-,17+. The summed E-state index contributed by atoms with van der Waals surface area (Å²) in [6, 6.07) is 11.8. The smallest absolute Gasteiger partial charge is 0.222 e. The maximum absolute atomic E-state index is 12.7. The van der Waals surface area contributed by atoms with Crippen LogP contribution in [0.15, 0.2) is 36.4 Å². The number of nitrogens with zero attached hydrogens (tertiary/aromatic N) is 4. The average Bonchev–Trinajstić information content (AvgIpc) is 3.39. The third-order valence-corrected chi connectivity index (χ3v) is 6.70. The van der Waals surface area contributed by atoms with Gasteiger partial charge in [0.15, 0.2) is 0 Å². The number of halogens is 2. The number of nitrogens with one attached hydrogen (secondary N) is 1. The Labute approximate surface area is 185 Å². The summed E-state index contributed by atoms with van der Waals surface area (Å²) in [5.74, 6) is 1.35. The maximum atomic E-state index is 12.7. The van der Waals surface area contributed by atoms with Crippen LogP contribution in [0.4, 0.5) is 0 Å². The number of carbonyl (C=O) groups is 1. The molecule has 8 heteroatoms. The minimum atomic E-state index is 0.225. The van der Waals surface area contributed by atoms with Gasteiger partial charge >= 0.3 is 0 Å². The van der Waals surface area contributed by atoms with Gasteiger partial charge < -0.3 is 4.90 Å². The number of amides is 1. The van der Waals surface area contributed by atoms with Crippen LogP contribution in [0.1, 0.15) is 17.5 Å². The van der Waals surface area contributed by atoms with Gasteiger partial charge in [0.25, 0.3) is 0 Å². The fourth-order valence-corrected chi connectivity index (χ4v) is 5.40. The minimum absolute atomic E-state index is 0.225. The van der Waals surface area contributed by atoms with Crippen molar-refractivity contribution in [1.82, 2.24) is 25.2 Å². The Kier molecular flexibility index (Phi) is 5.39. The minimum Gasteiger partial charge on any atom is -0.342 e. The molecule has 156 valence electrons. The monoisotopic (exact) mass is 443 g/mol. The zero-order valence-corrected chi connectivity index (χ0v) is 18.0. The summed E-state index contributed by atoms with van der Waals surface area (Å²) in [4.78, 5) is 17.3. The average molecular weight is 444 g/mol. The first kappa shape index (κ1) is 19.8. The fraction of sp³-hybridized carbons (Fsp3) is 0.409. The summed E-state index contributed by atoms with van der Waals surface area (Å²) in [7, 11) is 0. The molecule has 0 aliphatic carbocycles. The van der Waals surface area contributed by atoms with Crippen LogP contribution in [-0.4, -0.2) is 57.3 Å². The van der Waals surface area contributed by atoms with Crippen molar-refractivity contribution in [1.29, 1.82) is 0 Å². The van der Waals surface area contributed by atoms with E-state index < -0.39 is 0 Å². The lowest BCUT2D eigenvalue weighted by molar-refractivity contribution is -0.130. The highest BCUT2D eigenvalue weighted by atomic mass is 35.5. The Morgan fingerprint density at radius 3 is 2.47 bits per heavy atom. The van der Waals surface area contributed by atoms with Gasteiger partial charge in [-0.2, -0.15) is 0 Å². The predicted molar refractivity (Wildman–Crippen MR) is 118 cm³/mol. The predicted octanol–water partition coefficient (Wildman–Crippen LogP) is 3.79. The van der Waals surface area contributed by atoms with Crippen molar-refractivity contribution in [2.24, 2.45) is 11.8 Å². The summed E-state index contributed by atoms with van der Waals surface area (Å²) < 4.78 is 0. The van der Waals surface area contributed by atoms with E-state index in [0.717, 1.165) is 49.3 Å². The number of fused-ring (bicyclic) bond motifs is 2. The van der Waals surface area contributed by atoms with E-state index in [2.05, 4.69) is 32.4 Å². The first-order valence-electron chi connectivity index (χ1n) is 10.3. The molecule has 3 heterocycles. The van der Waals surface area contributed by atoms with Crippen LogP contribution in [0.25, 0.3) is 11.0 Å². The van der Waals surface area contributed by atoms with Crippen LogP contribution in [0.2, 0.25) is 10.0 Å². The molecule has 3 aromatic rings. The van der Waals surface area contributed by atoms with Crippen molar-refractivity contribution in [2.45, 2.75) is 19.4 Å². The fourth-order valence-electron chi connectivity index (χ4n) is 4.83. The Morgan fingerprint density at radius 2 is 1.73 bits per heavy atom. The molecule has 0 spiro atoms. The number of hydrogen-bond donors (Lipinski definition) is 1. The molecule has 2 saturated heterocycles. The molecule has 1 N–H and O–H groups in total. The molecule has 1 aromatic heterocycles. The van der Waals surface area contributed by atoms with Gasteiger partial charge in [-0.15, -0.1) is 5.10 Å². The van der Waals surface area contributed by atoms with Crippen LogP contribution in [0.3, 0.4) is 0 Å². The molecule has 0 saturated carbocycles. The van der Waals surface area contributed by atoms with Gasteiger partial charge in [0, 0.05) is 49.2 Å². The summed E-state index contributed by atoms with van der Waals surface area (Å²) >= 11 is 12.1. The van der Waals surface area contributed by atoms with Crippen molar-refractivity contribution in [3.63, 3.8) is 0 Å². The zero-order chi connectivity index (χ0) is 20.7. The van der Waals surface area contributed by atoms with Crippen LogP contribution >= 0.6 is 23.2 Å². The Balaban J connectivity index is 1.13. The quantitative estimate of drug-likeness (QED) is 0.651. The molecule has 1 amide bonds. The van der Waals surface area contributed by atoms with Gasteiger partial charge in [0.05, 0.1) is 5.52 Å². The normalized spacial score (nSPS) is 21.5. The number of benzene rings is 2. The molecule has 2 aromatic carbocycles. The topological polar surface area (TPSA) is 65.1 Å². The number of carbonyl (C=O) groups excluding carboxylic acids is 1. The van der Waals surface area contributed by atoms with Crippen molar-refractivity contribution in [3.05, 3.63) is 57.6 Å². The van der Waals surface area contributed by atoms with E-state index in [9.17, 15) is 4.79 Å². The van der Waals surface area contributed by atoms with Crippen LogP contribution in [-0.2, 0) is 17.8 Å².